The molecule has 0 unspecified atom stereocenters. The number of anilines is 1. The molecule has 2 heterocycles. The number of fused-ring (bicyclic) bond motifs is 2. The molecule has 1 aliphatic carbocycles. The Hall–Kier alpha value is -4.74. The maximum Gasteiger partial charge on any atom is 0.369 e. The molecular formula is C50H66N3O21P2S4+. The van der Waals surface area contributed by atoms with Gasteiger partial charge < -0.3 is 39.6 Å². The van der Waals surface area contributed by atoms with Crippen molar-refractivity contribution in [3.8, 4) is 5.75 Å². The third-order valence-electron chi connectivity index (χ3n) is 14.3. The van der Waals surface area contributed by atoms with Crippen molar-refractivity contribution in [2.75, 3.05) is 36.0 Å². The van der Waals surface area contributed by atoms with Gasteiger partial charge in [0.15, 0.2) is 5.71 Å². The molecule has 3 aromatic rings. The molecule has 80 heavy (non-hydrogen) atoms. The standard InChI is InChI=1S/C50H65N3O21P2S4/c1-48(2)40-32-38(79(68,69)70)19-21-42(40)52(28-5-7-30-77(62,63)64)44(48)23-15-35-10-9-11-36(16-24-45-49(3,4)41-33-39(80(71,72)73)20-22-43(41)53(45)29-6-8-31-78(65,66)67)47(35)74-37-17-12-34(13-18-37)14-25-46(54)51-27-26-50(55,75(56,57)58)76(59,60)61/h12-13,15-24,32-33,55H,5-11,14,25-31H2,1-4H3,(H8-,51,54,56,57,58,59,60,61,62,63,64,65,66,67,68,69,70,71,72,73)/p+1. The fourth-order valence-electron chi connectivity index (χ4n) is 9.95. The van der Waals surface area contributed by atoms with E-state index in [9.17, 15) is 90.5 Å². The van der Waals surface area contributed by atoms with Gasteiger partial charge in [0.2, 0.25) is 11.6 Å². The Kier molecular flexibility index (Phi) is 19.5. The van der Waals surface area contributed by atoms with Crippen molar-refractivity contribution < 1.29 is 99.8 Å². The molecule has 3 aliphatic rings. The highest BCUT2D eigenvalue weighted by Crippen LogP contribution is 2.68. The lowest BCUT2D eigenvalue weighted by Gasteiger charge is -2.29. The van der Waals surface area contributed by atoms with Gasteiger partial charge in [-0.05, 0) is 136 Å². The number of rotatable bonds is 25. The van der Waals surface area contributed by atoms with Crippen LogP contribution in [-0.4, -0.2) is 129 Å². The molecule has 3 aromatic carbocycles. The first-order chi connectivity index (χ1) is 36.7. The van der Waals surface area contributed by atoms with Crippen molar-refractivity contribution in [3.63, 3.8) is 0 Å². The van der Waals surface area contributed by atoms with Crippen molar-refractivity contribution in [1.29, 1.82) is 0 Å². The summed E-state index contributed by atoms with van der Waals surface area (Å²) >= 11 is 0. The first kappa shape index (κ1) is 64.4. The monoisotopic (exact) mass is 1230 g/mol. The average Bonchev–Trinajstić information content (AvgIpc) is 3.77. The zero-order valence-corrected chi connectivity index (χ0v) is 49.1. The van der Waals surface area contributed by atoms with Gasteiger partial charge in [-0.2, -0.15) is 38.2 Å². The van der Waals surface area contributed by atoms with E-state index in [4.69, 9.17) is 4.74 Å². The van der Waals surface area contributed by atoms with E-state index in [-0.39, 0.29) is 48.6 Å². The molecule has 0 radical (unpaired) electrons. The summed E-state index contributed by atoms with van der Waals surface area (Å²) in [5, 5.41) is 8.75. The first-order valence-corrected chi connectivity index (χ1v) is 34.3. The van der Waals surface area contributed by atoms with Crippen molar-refractivity contribution in [2.24, 2.45) is 0 Å². The van der Waals surface area contributed by atoms with Crippen LogP contribution in [0.5, 0.6) is 5.75 Å². The third-order valence-corrected chi connectivity index (χ3v) is 21.4. The van der Waals surface area contributed by atoms with Gasteiger partial charge in [0.1, 0.15) is 18.1 Å². The van der Waals surface area contributed by atoms with Crippen molar-refractivity contribution in [2.45, 2.75) is 118 Å². The lowest BCUT2D eigenvalue weighted by molar-refractivity contribution is -0.438. The van der Waals surface area contributed by atoms with Crippen molar-refractivity contribution in [3.05, 3.63) is 124 Å². The number of hydrogen-bond acceptors (Lipinski definition) is 14. The molecule has 6 rings (SSSR count). The molecule has 1 amide bonds. The number of allylic oxidation sites excluding steroid dienone is 7. The second-order valence-electron chi connectivity index (χ2n) is 20.7. The summed E-state index contributed by atoms with van der Waals surface area (Å²) in [7, 11) is -29.2. The zero-order valence-electron chi connectivity index (χ0n) is 44.0. The Bertz CT molecular complexity index is 3610. The second-order valence-corrected chi connectivity index (χ2v) is 30.7. The van der Waals surface area contributed by atoms with E-state index in [1.165, 1.54) is 24.3 Å². The van der Waals surface area contributed by atoms with Gasteiger partial charge in [0.25, 0.3) is 45.6 Å². The highest BCUT2D eigenvalue weighted by molar-refractivity contribution is 7.86. The Labute approximate surface area is 465 Å². The predicted molar refractivity (Wildman–Crippen MR) is 295 cm³/mol. The summed E-state index contributed by atoms with van der Waals surface area (Å²) in [6.07, 6.45) is 8.59. The molecule has 0 saturated heterocycles. The van der Waals surface area contributed by atoms with E-state index in [0.717, 1.165) is 0 Å². The van der Waals surface area contributed by atoms with Crippen LogP contribution in [0.2, 0.25) is 0 Å². The van der Waals surface area contributed by atoms with Crippen LogP contribution in [0.3, 0.4) is 0 Å². The summed E-state index contributed by atoms with van der Waals surface area (Å²) in [6.45, 7) is 7.27. The maximum atomic E-state index is 12.7. The van der Waals surface area contributed by atoms with Crippen LogP contribution in [0.25, 0.3) is 0 Å². The minimum absolute atomic E-state index is 0.102. The van der Waals surface area contributed by atoms with Crippen LogP contribution < -0.4 is 15.0 Å². The molecule has 0 atom stereocenters. The topological polar surface area (TPSA) is 397 Å². The van der Waals surface area contributed by atoms with Gasteiger partial charge in [-0.15, -0.1) is 0 Å². The Morgan fingerprint density at radius 3 is 1.89 bits per heavy atom. The number of nitrogens with one attached hydrogen (secondary N) is 1. The van der Waals surface area contributed by atoms with E-state index in [1.54, 1.807) is 36.4 Å². The summed E-state index contributed by atoms with van der Waals surface area (Å²) in [6, 6.07) is 15.1. The zero-order chi connectivity index (χ0) is 59.7. The summed E-state index contributed by atoms with van der Waals surface area (Å²) in [5.74, 6) is -0.854. The van der Waals surface area contributed by atoms with Crippen molar-refractivity contribution in [1.82, 2.24) is 5.32 Å². The quantitative estimate of drug-likeness (QED) is 0.0201. The van der Waals surface area contributed by atoms with Crippen LogP contribution in [0.15, 0.2) is 117 Å². The van der Waals surface area contributed by atoms with Gasteiger partial charge in [-0.25, -0.2) is 0 Å². The number of carbonyl (C=O) groups excluding carboxylic acids is 1. The smallest absolute Gasteiger partial charge is 0.369 e. The minimum Gasteiger partial charge on any atom is -0.457 e. The summed E-state index contributed by atoms with van der Waals surface area (Å²) < 4.78 is 167. The van der Waals surface area contributed by atoms with Crippen molar-refractivity contribution >= 4 is 78.7 Å². The summed E-state index contributed by atoms with van der Waals surface area (Å²) in [5.41, 5.74) is 3.88. The molecular weight excluding hydrogens is 1170 g/mol. The molecule has 0 saturated carbocycles. The number of hydrogen-bond donors (Lipinski definition) is 10. The van der Waals surface area contributed by atoms with E-state index in [1.807, 2.05) is 61.5 Å². The predicted octanol–water partition coefficient (Wildman–Crippen LogP) is 6.01. The third kappa shape index (κ3) is 15.5. The Balaban J connectivity index is 1.40. The van der Waals surface area contributed by atoms with Crippen LogP contribution >= 0.6 is 15.2 Å². The van der Waals surface area contributed by atoms with Crippen LogP contribution in [0.1, 0.15) is 102 Å². The number of unbranched alkanes of at least 4 members (excludes halogenated alkanes) is 2. The normalized spacial score (nSPS) is 18.1. The van der Waals surface area contributed by atoms with E-state index < -0.39 is 102 Å². The largest absolute Gasteiger partial charge is 0.457 e. The SMILES string of the molecule is CC1(C)C(=CC=C2CCCC(C=CC3=[N+](CCCCS(=O)(=O)O)c4ccc(S(=O)(=O)O)cc4C3(C)C)=C2Oc2ccc(CCC(=O)NCCC(O)(P(=O)(O)O)P(=O)(O)O)cc2)N(CCCCS(=O)(=O)O)c2ccc(S(=O)(=O)O)cc21. The van der Waals surface area contributed by atoms with E-state index in [2.05, 4.69) is 5.32 Å². The van der Waals surface area contributed by atoms with Crippen LogP contribution in [-0.2, 0) is 71.6 Å². The molecule has 0 bridgehead atoms. The van der Waals surface area contributed by atoms with Gasteiger partial charge in [0.05, 0.1) is 26.7 Å². The molecule has 440 valence electrons. The lowest BCUT2D eigenvalue weighted by atomic mass is 9.81. The highest BCUT2D eigenvalue weighted by atomic mass is 32.2. The lowest BCUT2D eigenvalue weighted by Crippen LogP contribution is -2.35. The minimum atomic E-state index is -5.73. The number of carbonyl (C=O) groups is 1. The Morgan fingerprint density at radius 2 is 1.31 bits per heavy atom. The van der Waals surface area contributed by atoms with Gasteiger partial charge >= 0.3 is 15.2 Å². The number of ether oxygens (including phenoxy) is 1. The molecule has 30 heteroatoms. The molecule has 0 spiro atoms. The molecule has 2 aliphatic heterocycles. The van der Waals surface area contributed by atoms with E-state index >= 15 is 0 Å². The number of aliphatic hydroxyl groups is 1. The summed E-state index contributed by atoms with van der Waals surface area (Å²) in [4.78, 5) is 51.6. The Morgan fingerprint density at radius 1 is 0.738 bits per heavy atom. The first-order valence-electron chi connectivity index (χ1n) is 25.0. The number of benzene rings is 3. The number of aryl methyl sites for hydroxylation is 1. The average molecular weight is 1240 g/mol. The van der Waals surface area contributed by atoms with Gasteiger partial charge in [-0.3, -0.25) is 32.1 Å². The van der Waals surface area contributed by atoms with Gasteiger partial charge in [-0.1, -0.05) is 32.1 Å². The second kappa shape index (κ2) is 24.2. The molecule has 10 N–H and O–H groups in total. The van der Waals surface area contributed by atoms with Crippen LogP contribution in [0.4, 0.5) is 11.4 Å². The molecule has 0 fully saturated rings. The van der Waals surface area contributed by atoms with E-state index in [0.29, 0.717) is 94.2 Å². The maximum absolute atomic E-state index is 12.7. The highest BCUT2D eigenvalue weighted by Gasteiger charge is 2.59. The fourth-order valence-corrected chi connectivity index (χ4v) is 14.3. The molecule has 0 aromatic heterocycles. The molecule has 24 nitrogen and oxygen atoms in total. The number of amides is 1. The van der Waals surface area contributed by atoms with Gasteiger partial charge in [0, 0.05) is 66.9 Å². The number of nitrogens with zero attached hydrogens (tertiary/aromatic N) is 2. The fraction of sp³-hybridized carbons (Fsp3) is 0.440. The van der Waals surface area contributed by atoms with Crippen LogP contribution in [0, 0.1) is 0 Å².